The number of aliphatic hydroxyl groups is 1. The lowest BCUT2D eigenvalue weighted by Crippen LogP contribution is -2.50. The number of rotatable bonds is 9. The van der Waals surface area contributed by atoms with Crippen LogP contribution in [0, 0.1) is 11.7 Å². The third-order valence-corrected chi connectivity index (χ3v) is 5.35. The number of nitrogens with zero attached hydrogens (tertiary/aromatic N) is 3. The normalized spacial score (nSPS) is 13.6. The van der Waals surface area contributed by atoms with E-state index in [9.17, 15) is 27.5 Å². The molecule has 11 heteroatoms. The van der Waals surface area contributed by atoms with Crippen LogP contribution in [0.1, 0.15) is 22.8 Å². The molecule has 1 heterocycles. The molecule has 182 valence electrons. The molecular weight excluding hydrogens is 454 g/mol. The number of benzene rings is 2. The summed E-state index contributed by atoms with van der Waals surface area (Å²) >= 11 is 0. The highest BCUT2D eigenvalue weighted by atomic mass is 19.4. The highest BCUT2D eigenvalue weighted by Crippen LogP contribution is 2.30. The van der Waals surface area contributed by atoms with Gasteiger partial charge in [0.05, 0.1) is 11.9 Å². The average Bonchev–Trinajstić information content (AvgIpc) is 3.18. The summed E-state index contributed by atoms with van der Waals surface area (Å²) in [6, 6.07) is 14.1. The lowest BCUT2D eigenvalue weighted by atomic mass is 10.1. The zero-order chi connectivity index (χ0) is 24.9. The molecule has 0 spiro atoms. The summed E-state index contributed by atoms with van der Waals surface area (Å²) in [5, 5.41) is 16.3. The SMILES string of the molecule is CCN(Cc1ccccc1)CC(C(O)NC(=O)c1cnn(-c2ccc(F)cc2)c1N)C(F)(F)F. The van der Waals surface area contributed by atoms with Crippen LogP contribution in [0.5, 0.6) is 0 Å². The largest absolute Gasteiger partial charge is 0.397 e. The first kappa shape index (κ1) is 25.2. The Balaban J connectivity index is 1.73. The minimum Gasteiger partial charge on any atom is -0.383 e. The molecule has 0 aliphatic heterocycles. The highest BCUT2D eigenvalue weighted by molar-refractivity contribution is 5.98. The second-order valence-corrected chi connectivity index (χ2v) is 7.71. The maximum atomic E-state index is 13.8. The van der Waals surface area contributed by atoms with Crippen LogP contribution in [0.4, 0.5) is 23.4 Å². The topological polar surface area (TPSA) is 96.4 Å². The van der Waals surface area contributed by atoms with Crippen LogP contribution in [-0.4, -0.2) is 51.2 Å². The number of nitrogens with two attached hydrogens (primary N) is 1. The molecule has 0 aliphatic rings. The molecule has 3 aromatic rings. The number of hydrogen-bond acceptors (Lipinski definition) is 5. The number of nitrogens with one attached hydrogen (secondary N) is 1. The minimum absolute atomic E-state index is 0.167. The van der Waals surface area contributed by atoms with E-state index < -0.39 is 36.6 Å². The molecule has 2 atom stereocenters. The molecule has 3 rings (SSSR count). The maximum absolute atomic E-state index is 13.8. The summed E-state index contributed by atoms with van der Waals surface area (Å²) in [6.07, 6.45) is -5.93. The number of nitrogen functional groups attached to an aromatic ring is 1. The summed E-state index contributed by atoms with van der Waals surface area (Å²) in [5.41, 5.74) is 6.89. The molecule has 4 N–H and O–H groups in total. The summed E-state index contributed by atoms with van der Waals surface area (Å²) in [4.78, 5) is 14.1. The summed E-state index contributed by atoms with van der Waals surface area (Å²) in [6.45, 7) is 1.74. The maximum Gasteiger partial charge on any atom is 0.397 e. The zero-order valence-electron chi connectivity index (χ0n) is 18.3. The van der Waals surface area contributed by atoms with Crippen molar-refractivity contribution in [2.45, 2.75) is 25.9 Å². The van der Waals surface area contributed by atoms with Crippen LogP contribution < -0.4 is 11.1 Å². The predicted octanol–water partition coefficient (Wildman–Crippen LogP) is 3.34. The molecule has 0 saturated carbocycles. The van der Waals surface area contributed by atoms with Gasteiger partial charge in [-0.05, 0) is 36.4 Å². The van der Waals surface area contributed by atoms with E-state index in [2.05, 4.69) is 5.10 Å². The van der Waals surface area contributed by atoms with E-state index in [1.54, 1.807) is 31.2 Å². The van der Waals surface area contributed by atoms with E-state index in [-0.39, 0.29) is 17.9 Å². The Hall–Kier alpha value is -3.44. The number of anilines is 1. The van der Waals surface area contributed by atoms with E-state index >= 15 is 0 Å². The fraction of sp³-hybridized carbons (Fsp3) is 0.304. The molecule has 34 heavy (non-hydrogen) atoms. The molecule has 7 nitrogen and oxygen atoms in total. The molecule has 2 aromatic carbocycles. The van der Waals surface area contributed by atoms with Gasteiger partial charge in [-0.2, -0.15) is 18.3 Å². The Kier molecular flexibility index (Phi) is 7.90. The smallest absolute Gasteiger partial charge is 0.383 e. The molecule has 0 fully saturated rings. The Bertz CT molecular complexity index is 1090. The van der Waals surface area contributed by atoms with Gasteiger partial charge in [-0.1, -0.05) is 37.3 Å². The molecule has 1 amide bonds. The van der Waals surface area contributed by atoms with Crippen molar-refractivity contribution in [3.63, 3.8) is 0 Å². The number of halogens is 4. The number of amides is 1. The van der Waals surface area contributed by atoms with Gasteiger partial charge in [-0.3, -0.25) is 9.69 Å². The fourth-order valence-corrected chi connectivity index (χ4v) is 3.44. The lowest BCUT2D eigenvalue weighted by Gasteiger charge is -2.31. The monoisotopic (exact) mass is 479 g/mol. The van der Waals surface area contributed by atoms with Crippen molar-refractivity contribution in [2.75, 3.05) is 18.8 Å². The van der Waals surface area contributed by atoms with E-state index in [1.807, 2.05) is 11.4 Å². The van der Waals surface area contributed by atoms with Crippen LogP contribution in [0.25, 0.3) is 5.69 Å². The van der Waals surface area contributed by atoms with E-state index in [0.29, 0.717) is 12.2 Å². The van der Waals surface area contributed by atoms with Gasteiger partial charge in [0.2, 0.25) is 0 Å². The molecule has 0 aliphatic carbocycles. The summed E-state index contributed by atoms with van der Waals surface area (Å²) < 4.78 is 55.6. The number of carbonyl (C=O) groups is 1. The first-order chi connectivity index (χ1) is 16.1. The van der Waals surface area contributed by atoms with E-state index in [1.165, 1.54) is 29.2 Å². The Morgan fingerprint density at radius 2 is 1.82 bits per heavy atom. The third-order valence-electron chi connectivity index (χ3n) is 5.35. The molecule has 0 bridgehead atoms. The number of aliphatic hydroxyl groups excluding tert-OH is 1. The summed E-state index contributed by atoms with van der Waals surface area (Å²) in [5.74, 6) is -3.91. The van der Waals surface area contributed by atoms with Crippen LogP contribution in [0.15, 0.2) is 60.8 Å². The van der Waals surface area contributed by atoms with Crippen LogP contribution >= 0.6 is 0 Å². The van der Waals surface area contributed by atoms with Gasteiger partial charge in [-0.25, -0.2) is 9.07 Å². The molecule has 0 saturated heterocycles. The molecular formula is C23H25F4N5O2. The van der Waals surface area contributed by atoms with Gasteiger partial charge in [-0.15, -0.1) is 0 Å². The Morgan fingerprint density at radius 1 is 1.18 bits per heavy atom. The van der Waals surface area contributed by atoms with Gasteiger partial charge in [0.15, 0.2) is 0 Å². The van der Waals surface area contributed by atoms with Crippen molar-refractivity contribution < 1.29 is 27.5 Å². The molecule has 2 unspecified atom stereocenters. The van der Waals surface area contributed by atoms with E-state index in [0.717, 1.165) is 16.4 Å². The van der Waals surface area contributed by atoms with Gasteiger partial charge in [0, 0.05) is 13.1 Å². The van der Waals surface area contributed by atoms with Gasteiger partial charge < -0.3 is 16.2 Å². The van der Waals surface area contributed by atoms with Crippen molar-refractivity contribution in [1.82, 2.24) is 20.0 Å². The first-order valence-corrected chi connectivity index (χ1v) is 10.5. The lowest BCUT2D eigenvalue weighted by molar-refractivity contribution is -0.207. The molecule has 1 aromatic heterocycles. The highest BCUT2D eigenvalue weighted by Gasteiger charge is 2.45. The van der Waals surface area contributed by atoms with Gasteiger partial charge in [0.1, 0.15) is 29.3 Å². The number of aromatic nitrogens is 2. The van der Waals surface area contributed by atoms with Crippen LogP contribution in [-0.2, 0) is 6.54 Å². The number of alkyl halides is 3. The predicted molar refractivity (Wildman–Crippen MR) is 118 cm³/mol. The quantitative estimate of drug-likeness (QED) is 0.323. The minimum atomic E-state index is -4.78. The summed E-state index contributed by atoms with van der Waals surface area (Å²) in [7, 11) is 0. The zero-order valence-corrected chi connectivity index (χ0v) is 18.3. The molecule has 0 radical (unpaired) electrons. The van der Waals surface area contributed by atoms with E-state index in [4.69, 9.17) is 5.73 Å². The van der Waals surface area contributed by atoms with Crippen LogP contribution in [0.3, 0.4) is 0 Å². The van der Waals surface area contributed by atoms with Crippen molar-refractivity contribution >= 4 is 11.7 Å². The van der Waals surface area contributed by atoms with Crippen LogP contribution in [0.2, 0.25) is 0 Å². The average molecular weight is 479 g/mol. The van der Waals surface area contributed by atoms with Crippen molar-refractivity contribution in [1.29, 1.82) is 0 Å². The number of carbonyl (C=O) groups excluding carboxylic acids is 1. The van der Waals surface area contributed by atoms with Crippen molar-refractivity contribution in [2.24, 2.45) is 5.92 Å². The Labute approximate surface area is 193 Å². The first-order valence-electron chi connectivity index (χ1n) is 10.5. The standard InChI is InChI=1S/C23H25F4N5O2/c1-2-31(13-15-6-4-3-5-7-15)14-19(23(25,26)27)22(34)30-21(33)18-12-29-32(20(18)28)17-10-8-16(24)9-11-17/h3-12,19,22,34H,2,13-14,28H2,1H3,(H,30,33). The third kappa shape index (κ3) is 6.12. The fourth-order valence-electron chi connectivity index (χ4n) is 3.44. The van der Waals surface area contributed by atoms with Crippen molar-refractivity contribution in [3.05, 3.63) is 77.7 Å². The second kappa shape index (κ2) is 10.7. The van der Waals surface area contributed by atoms with Gasteiger partial charge in [0.25, 0.3) is 5.91 Å². The van der Waals surface area contributed by atoms with Gasteiger partial charge >= 0.3 is 6.18 Å². The number of hydrogen-bond donors (Lipinski definition) is 3. The Morgan fingerprint density at radius 3 is 2.41 bits per heavy atom. The van der Waals surface area contributed by atoms with Crippen molar-refractivity contribution in [3.8, 4) is 5.69 Å². The second-order valence-electron chi connectivity index (χ2n) is 7.71.